The summed E-state index contributed by atoms with van der Waals surface area (Å²) >= 11 is 0. The molecule has 0 bridgehead atoms. The lowest BCUT2D eigenvalue weighted by Gasteiger charge is -2.23. The van der Waals surface area contributed by atoms with E-state index in [1.807, 2.05) is 42.5 Å². The zero-order valence-electron chi connectivity index (χ0n) is 24.9. The van der Waals surface area contributed by atoms with Gasteiger partial charge in [-0.1, -0.05) is 68.1 Å². The molecule has 3 aromatic rings. The number of methoxy groups -OCH3 is 1. The van der Waals surface area contributed by atoms with Crippen molar-refractivity contribution >= 4 is 17.6 Å². The van der Waals surface area contributed by atoms with Gasteiger partial charge in [-0.25, -0.2) is 4.79 Å². The van der Waals surface area contributed by atoms with Gasteiger partial charge in [0, 0.05) is 6.07 Å². The Morgan fingerprint density at radius 2 is 1.37 bits per heavy atom. The number of nitrogens with zero attached hydrogens (tertiary/aromatic N) is 1. The Bertz CT molecular complexity index is 1220. The molecule has 0 spiro atoms. The number of ether oxygens (including phenoxy) is 4. The lowest BCUT2D eigenvalue weighted by atomic mass is 10.1. The van der Waals surface area contributed by atoms with Crippen molar-refractivity contribution in [2.45, 2.75) is 51.6 Å². The number of carbonyl (C=O) groups excluding carboxylic acids is 2. The number of benzene rings is 3. The fraction of sp³-hybridized carbons (Fsp3) is 0.412. The summed E-state index contributed by atoms with van der Waals surface area (Å²) < 4.78 is 22.9. The van der Waals surface area contributed by atoms with Crippen LogP contribution in [0, 0.1) is 0 Å². The summed E-state index contributed by atoms with van der Waals surface area (Å²) in [5.41, 5.74) is 3.61. The Kier molecular flexibility index (Phi) is 12.7. The molecule has 0 N–H and O–H groups in total. The first kappa shape index (κ1) is 31.7. The summed E-state index contributed by atoms with van der Waals surface area (Å²) in [6.07, 6.45) is 6.20. The minimum absolute atomic E-state index is 0.180. The molecule has 0 radical (unpaired) electrons. The average Bonchev–Trinajstić information content (AvgIpc) is 2.97. The summed E-state index contributed by atoms with van der Waals surface area (Å²) in [5, 5.41) is 0. The lowest BCUT2D eigenvalue weighted by molar-refractivity contribution is -0.142. The molecule has 0 saturated carbocycles. The molecule has 0 aromatic heterocycles. The van der Waals surface area contributed by atoms with Gasteiger partial charge < -0.3 is 18.9 Å². The third kappa shape index (κ3) is 11.3. The smallest absolute Gasteiger partial charge is 0.341 e. The molecular formula is C34H44NO6+. The Hall–Kier alpha value is -3.84. The van der Waals surface area contributed by atoms with Gasteiger partial charge in [0.25, 0.3) is 0 Å². The maximum absolute atomic E-state index is 12.2. The maximum atomic E-state index is 12.2. The van der Waals surface area contributed by atoms with Gasteiger partial charge in [-0.15, -0.1) is 0 Å². The molecule has 220 valence electrons. The predicted molar refractivity (Wildman–Crippen MR) is 162 cm³/mol. The third-order valence-corrected chi connectivity index (χ3v) is 6.73. The van der Waals surface area contributed by atoms with Gasteiger partial charge in [0.15, 0.2) is 0 Å². The molecule has 0 aliphatic carbocycles. The molecule has 0 aliphatic rings. The van der Waals surface area contributed by atoms with Gasteiger partial charge in [0.2, 0.25) is 0 Å². The van der Waals surface area contributed by atoms with Gasteiger partial charge in [0.05, 0.1) is 47.9 Å². The molecule has 7 nitrogen and oxygen atoms in total. The van der Waals surface area contributed by atoms with Crippen LogP contribution in [0.4, 0.5) is 5.69 Å². The van der Waals surface area contributed by atoms with E-state index in [9.17, 15) is 9.59 Å². The topological polar surface area (TPSA) is 71.1 Å². The van der Waals surface area contributed by atoms with Crippen LogP contribution in [0.1, 0.15) is 60.0 Å². The number of quaternary nitrogens is 1. The van der Waals surface area contributed by atoms with Crippen molar-refractivity contribution < 1.29 is 28.5 Å². The second-order valence-corrected chi connectivity index (χ2v) is 11.0. The van der Waals surface area contributed by atoms with Gasteiger partial charge >= 0.3 is 11.9 Å². The monoisotopic (exact) mass is 562 g/mol. The first-order valence-corrected chi connectivity index (χ1v) is 14.3. The largest absolute Gasteiger partial charge is 0.493 e. The van der Waals surface area contributed by atoms with Crippen LogP contribution in [-0.2, 0) is 27.3 Å². The van der Waals surface area contributed by atoms with Gasteiger partial charge in [-0.3, -0.25) is 9.28 Å². The highest BCUT2D eigenvalue weighted by molar-refractivity contribution is 5.92. The van der Waals surface area contributed by atoms with E-state index in [0.29, 0.717) is 43.3 Å². The molecule has 41 heavy (non-hydrogen) atoms. The zero-order valence-corrected chi connectivity index (χ0v) is 24.9. The molecule has 0 atom stereocenters. The van der Waals surface area contributed by atoms with E-state index < -0.39 is 5.97 Å². The molecule has 0 saturated heterocycles. The molecular weight excluding hydrogens is 518 g/mol. The Balaban J connectivity index is 1.29. The van der Waals surface area contributed by atoms with E-state index in [-0.39, 0.29) is 5.97 Å². The van der Waals surface area contributed by atoms with Crippen molar-refractivity contribution in [3.05, 3.63) is 89.5 Å². The Morgan fingerprint density at radius 3 is 2.02 bits per heavy atom. The standard InChI is InChI=1S/C34H44NO6/c1-35(2,3)29-18-16-27(17-19-29)24-33(36)40-23-13-8-6-5-7-12-22-39-32-25-30(20-21-31(32)34(37)38-4)41-26-28-14-10-9-11-15-28/h9-11,14-21,25H,5-8,12-13,22-24,26H2,1-4H3/q+1. The van der Waals surface area contributed by atoms with Gasteiger partial charge in [0.1, 0.15) is 29.4 Å². The molecule has 0 amide bonds. The summed E-state index contributed by atoms with van der Waals surface area (Å²) in [4.78, 5) is 24.3. The van der Waals surface area contributed by atoms with Crippen molar-refractivity contribution in [3.8, 4) is 11.5 Å². The molecule has 0 unspecified atom stereocenters. The highest BCUT2D eigenvalue weighted by Gasteiger charge is 2.15. The highest BCUT2D eigenvalue weighted by atomic mass is 16.5. The molecule has 0 aliphatic heterocycles. The average molecular weight is 563 g/mol. The van der Waals surface area contributed by atoms with E-state index in [0.717, 1.165) is 54.1 Å². The second kappa shape index (κ2) is 16.4. The predicted octanol–water partition coefficient (Wildman–Crippen LogP) is 6.75. The summed E-state index contributed by atoms with van der Waals surface area (Å²) in [7, 11) is 7.70. The second-order valence-electron chi connectivity index (χ2n) is 11.0. The first-order chi connectivity index (χ1) is 19.8. The summed E-state index contributed by atoms with van der Waals surface area (Å²) in [6, 6.07) is 23.2. The van der Waals surface area contributed by atoms with E-state index in [4.69, 9.17) is 18.9 Å². The Morgan fingerprint density at radius 1 is 0.707 bits per heavy atom. The molecule has 3 rings (SSSR count). The number of unbranched alkanes of at least 4 members (excludes halogenated alkanes) is 5. The van der Waals surface area contributed by atoms with Crippen LogP contribution in [0.15, 0.2) is 72.8 Å². The fourth-order valence-corrected chi connectivity index (χ4v) is 4.29. The van der Waals surface area contributed by atoms with Gasteiger partial charge in [-0.05, 0) is 48.2 Å². The number of esters is 2. The van der Waals surface area contributed by atoms with Crippen molar-refractivity contribution in [1.82, 2.24) is 4.48 Å². The zero-order chi connectivity index (χ0) is 29.5. The maximum Gasteiger partial charge on any atom is 0.341 e. The number of hydrogen-bond acceptors (Lipinski definition) is 6. The van der Waals surface area contributed by atoms with Crippen LogP contribution in [0.2, 0.25) is 0 Å². The highest BCUT2D eigenvalue weighted by Crippen LogP contribution is 2.27. The fourth-order valence-electron chi connectivity index (χ4n) is 4.29. The van der Waals surface area contributed by atoms with Crippen molar-refractivity contribution in [3.63, 3.8) is 0 Å². The minimum atomic E-state index is -0.437. The van der Waals surface area contributed by atoms with E-state index >= 15 is 0 Å². The molecule has 3 aromatic carbocycles. The lowest BCUT2D eigenvalue weighted by Crippen LogP contribution is -2.34. The number of carbonyl (C=O) groups is 2. The minimum Gasteiger partial charge on any atom is -0.493 e. The van der Waals surface area contributed by atoms with Crippen LogP contribution in [-0.4, -0.2) is 53.4 Å². The SMILES string of the molecule is COC(=O)c1ccc(OCc2ccccc2)cc1OCCCCCCCCOC(=O)Cc1ccc([N+](C)(C)C)cc1. The van der Waals surface area contributed by atoms with Crippen LogP contribution in [0.3, 0.4) is 0 Å². The number of rotatable bonds is 17. The molecule has 0 heterocycles. The van der Waals surface area contributed by atoms with E-state index in [2.05, 4.69) is 33.3 Å². The van der Waals surface area contributed by atoms with Crippen LogP contribution < -0.4 is 14.0 Å². The Labute approximate surface area is 244 Å². The van der Waals surface area contributed by atoms with Crippen molar-refractivity contribution in [2.24, 2.45) is 0 Å². The quantitative estimate of drug-likeness (QED) is 0.103. The summed E-state index contributed by atoms with van der Waals surface area (Å²) in [6.45, 7) is 1.39. The van der Waals surface area contributed by atoms with E-state index in [1.54, 1.807) is 18.2 Å². The molecule has 7 heteroatoms. The van der Waals surface area contributed by atoms with E-state index in [1.165, 1.54) is 12.8 Å². The normalized spacial score (nSPS) is 11.1. The van der Waals surface area contributed by atoms with Crippen molar-refractivity contribution in [1.29, 1.82) is 0 Å². The van der Waals surface area contributed by atoms with Gasteiger partial charge in [-0.2, -0.15) is 0 Å². The van der Waals surface area contributed by atoms with Crippen LogP contribution in [0.25, 0.3) is 0 Å². The third-order valence-electron chi connectivity index (χ3n) is 6.73. The first-order valence-electron chi connectivity index (χ1n) is 14.3. The molecule has 0 fully saturated rings. The van der Waals surface area contributed by atoms with Crippen LogP contribution >= 0.6 is 0 Å². The van der Waals surface area contributed by atoms with Crippen LogP contribution in [0.5, 0.6) is 11.5 Å². The van der Waals surface area contributed by atoms with Crippen molar-refractivity contribution in [2.75, 3.05) is 41.5 Å². The summed E-state index contributed by atoms with van der Waals surface area (Å²) in [5.74, 6) is 0.484. The number of hydrogen-bond donors (Lipinski definition) is 0.